The largest absolute Gasteiger partial charge is 0.484 e. The summed E-state index contributed by atoms with van der Waals surface area (Å²) in [5.41, 5.74) is 2.04. The number of hydrogen-bond donors (Lipinski definition) is 1. The number of anilines is 1. The second kappa shape index (κ2) is 10.4. The van der Waals surface area contributed by atoms with Crippen LogP contribution in [0.4, 0.5) is 5.69 Å². The Bertz CT molecular complexity index is 1360. The molecule has 2 heterocycles. The molecule has 0 spiro atoms. The summed E-state index contributed by atoms with van der Waals surface area (Å²) in [5, 5.41) is 0. The maximum atomic E-state index is 13.5. The van der Waals surface area contributed by atoms with Crippen molar-refractivity contribution < 1.29 is 27.1 Å². The van der Waals surface area contributed by atoms with Crippen molar-refractivity contribution in [3.05, 3.63) is 71.7 Å². The molecule has 1 N–H and O–H groups in total. The summed E-state index contributed by atoms with van der Waals surface area (Å²) in [6, 6.07) is 11.7. The molecule has 0 saturated carbocycles. The quantitative estimate of drug-likeness (QED) is 0.426. The summed E-state index contributed by atoms with van der Waals surface area (Å²) < 4.78 is 45.7. The van der Waals surface area contributed by atoms with Gasteiger partial charge in [-0.15, -0.1) is 0 Å². The Kier molecular flexibility index (Phi) is 7.28. The lowest BCUT2D eigenvalue weighted by Crippen LogP contribution is -2.22. The molecule has 0 saturated heterocycles. The third-order valence-corrected chi connectivity index (χ3v) is 7.38. The van der Waals surface area contributed by atoms with Gasteiger partial charge in [-0.2, -0.15) is 0 Å². The lowest BCUT2D eigenvalue weighted by molar-refractivity contribution is 0.0596. The van der Waals surface area contributed by atoms with Crippen LogP contribution in [0.1, 0.15) is 35.5 Å². The van der Waals surface area contributed by atoms with Gasteiger partial charge in [0.25, 0.3) is 10.0 Å². The summed E-state index contributed by atoms with van der Waals surface area (Å²) in [6.45, 7) is 6.79. The number of methoxy groups -OCH3 is 1. The van der Waals surface area contributed by atoms with E-state index in [0.29, 0.717) is 23.4 Å². The fraction of sp³-hybridized carbons (Fsp3) is 0.269. The van der Waals surface area contributed by atoms with Gasteiger partial charge in [0, 0.05) is 17.7 Å². The highest BCUT2D eigenvalue weighted by molar-refractivity contribution is 7.92. The monoisotopic (exact) mass is 496 g/mol. The highest BCUT2D eigenvalue weighted by Gasteiger charge is 2.30. The third kappa shape index (κ3) is 4.96. The van der Waals surface area contributed by atoms with Crippen molar-refractivity contribution in [3.8, 4) is 16.9 Å². The number of nitrogens with zero attached hydrogens (tertiary/aromatic N) is 1. The molecule has 4 rings (SSSR count). The van der Waals surface area contributed by atoms with Crippen LogP contribution in [0, 0.1) is 0 Å². The number of nitrogens with one attached hydrogen (secondary N) is 1. The van der Waals surface area contributed by atoms with E-state index in [2.05, 4.69) is 23.5 Å². The van der Waals surface area contributed by atoms with E-state index in [0.717, 1.165) is 18.7 Å². The first-order chi connectivity index (χ1) is 16.9. The van der Waals surface area contributed by atoms with Gasteiger partial charge in [-0.05, 0) is 42.9 Å². The molecule has 2 aromatic carbocycles. The van der Waals surface area contributed by atoms with E-state index < -0.39 is 16.0 Å². The summed E-state index contributed by atoms with van der Waals surface area (Å²) in [5.74, 6) is 0.171. The molecule has 0 aliphatic carbocycles. The number of furan rings is 1. The molecule has 1 aliphatic heterocycles. The van der Waals surface area contributed by atoms with Crippen molar-refractivity contribution in [2.24, 2.45) is 0 Å². The highest BCUT2D eigenvalue weighted by Crippen LogP contribution is 2.43. The summed E-state index contributed by atoms with van der Waals surface area (Å²) >= 11 is 0. The predicted molar refractivity (Wildman–Crippen MR) is 134 cm³/mol. The summed E-state index contributed by atoms with van der Waals surface area (Å²) in [7, 11) is -2.80. The van der Waals surface area contributed by atoms with Crippen LogP contribution < -0.4 is 9.46 Å². The van der Waals surface area contributed by atoms with E-state index in [9.17, 15) is 13.2 Å². The minimum atomic E-state index is -4.04. The van der Waals surface area contributed by atoms with Crippen molar-refractivity contribution in [2.75, 3.05) is 31.5 Å². The molecule has 3 aromatic rings. The number of likely N-dealkylation sites (N-methyl/N-ethyl adjacent to an activating group) is 1. The normalized spacial score (nSPS) is 12.8. The van der Waals surface area contributed by atoms with Crippen molar-refractivity contribution in [1.29, 1.82) is 0 Å². The van der Waals surface area contributed by atoms with E-state index in [1.165, 1.54) is 19.2 Å². The fourth-order valence-electron chi connectivity index (χ4n) is 4.04. The molecule has 184 valence electrons. The minimum absolute atomic E-state index is 0.00924. The van der Waals surface area contributed by atoms with E-state index >= 15 is 0 Å². The van der Waals surface area contributed by atoms with Crippen LogP contribution in [0.5, 0.6) is 5.75 Å². The molecule has 1 aromatic heterocycles. The van der Waals surface area contributed by atoms with Gasteiger partial charge in [-0.1, -0.05) is 44.2 Å². The average Bonchev–Trinajstić information content (AvgIpc) is 3.35. The zero-order valence-corrected chi connectivity index (χ0v) is 20.7. The Morgan fingerprint density at radius 2 is 1.89 bits per heavy atom. The maximum Gasteiger partial charge on any atom is 0.343 e. The topological polar surface area (TPSA) is 98.1 Å². The Morgan fingerprint density at radius 1 is 1.11 bits per heavy atom. The van der Waals surface area contributed by atoms with Gasteiger partial charge in [-0.3, -0.25) is 4.72 Å². The van der Waals surface area contributed by atoms with Crippen LogP contribution >= 0.6 is 0 Å². The standard InChI is InChI=1S/C26H28N2O6S/c1-4-28(5-2)15-8-10-18-9-6-7-11-23(18)35(30,31)27-21-13-12-20-19-14-16-33-22(19)17-34-25(20)24(21)26(29)32-3/h6-14,16,27H,4-5,15,17H2,1-3H3/b10-8-. The van der Waals surface area contributed by atoms with E-state index in [1.54, 1.807) is 42.7 Å². The number of carbonyl (C=O) groups is 1. The summed E-state index contributed by atoms with van der Waals surface area (Å²) in [4.78, 5) is 15.0. The number of hydrogen-bond acceptors (Lipinski definition) is 7. The molecule has 35 heavy (non-hydrogen) atoms. The van der Waals surface area contributed by atoms with Crippen molar-refractivity contribution in [1.82, 2.24) is 4.90 Å². The highest BCUT2D eigenvalue weighted by atomic mass is 32.2. The fourth-order valence-corrected chi connectivity index (χ4v) is 5.31. The molecule has 8 nitrogen and oxygen atoms in total. The SMILES string of the molecule is CCN(CC)C/C=C\c1ccccc1S(=O)(=O)Nc1ccc2c(c1C(=O)OC)OCc1occc1-2. The Labute approximate surface area is 205 Å². The number of carbonyl (C=O) groups excluding carboxylic acids is 1. The van der Waals surface area contributed by atoms with E-state index in [1.807, 2.05) is 6.08 Å². The predicted octanol–water partition coefficient (Wildman–Crippen LogP) is 4.78. The number of fused-ring (bicyclic) bond motifs is 3. The van der Waals surface area contributed by atoms with Gasteiger partial charge in [0.1, 0.15) is 23.7 Å². The lowest BCUT2D eigenvalue weighted by Gasteiger charge is -2.22. The number of sulfonamides is 1. The first kappa shape index (κ1) is 24.6. The number of ether oxygens (including phenoxy) is 2. The Morgan fingerprint density at radius 3 is 2.63 bits per heavy atom. The Hall–Kier alpha value is -3.56. The third-order valence-electron chi connectivity index (χ3n) is 5.94. The van der Waals surface area contributed by atoms with Crippen LogP contribution in [0.3, 0.4) is 0 Å². The first-order valence-corrected chi connectivity index (χ1v) is 12.8. The maximum absolute atomic E-state index is 13.5. The average molecular weight is 497 g/mol. The van der Waals surface area contributed by atoms with Crippen LogP contribution in [-0.2, 0) is 21.4 Å². The van der Waals surface area contributed by atoms with Crippen LogP contribution in [0.2, 0.25) is 0 Å². The molecule has 0 fully saturated rings. The molecule has 0 radical (unpaired) electrons. The summed E-state index contributed by atoms with van der Waals surface area (Å²) in [6.07, 6.45) is 5.28. The van der Waals surface area contributed by atoms with Gasteiger partial charge < -0.3 is 18.8 Å². The molecular formula is C26H28N2O6S. The molecule has 0 unspecified atom stereocenters. The van der Waals surface area contributed by atoms with Gasteiger partial charge in [-0.25, -0.2) is 13.2 Å². The van der Waals surface area contributed by atoms with E-state index in [4.69, 9.17) is 13.9 Å². The van der Waals surface area contributed by atoms with Crippen molar-refractivity contribution >= 4 is 27.8 Å². The zero-order valence-electron chi connectivity index (χ0n) is 19.9. The number of benzene rings is 2. The molecule has 0 bridgehead atoms. The molecular weight excluding hydrogens is 468 g/mol. The van der Waals surface area contributed by atoms with Gasteiger partial charge in [0.15, 0.2) is 0 Å². The molecule has 0 amide bonds. The second-order valence-electron chi connectivity index (χ2n) is 7.93. The zero-order chi connectivity index (χ0) is 25.0. The first-order valence-electron chi connectivity index (χ1n) is 11.3. The molecule has 1 aliphatic rings. The smallest absolute Gasteiger partial charge is 0.343 e. The van der Waals surface area contributed by atoms with Crippen LogP contribution in [0.15, 0.2) is 64.1 Å². The minimum Gasteiger partial charge on any atom is -0.484 e. The van der Waals surface area contributed by atoms with Gasteiger partial charge in [0.05, 0.1) is 24.0 Å². The molecule has 9 heteroatoms. The van der Waals surface area contributed by atoms with Crippen LogP contribution in [-0.4, -0.2) is 46.0 Å². The van der Waals surface area contributed by atoms with E-state index in [-0.39, 0.29) is 28.5 Å². The van der Waals surface area contributed by atoms with Gasteiger partial charge in [0.2, 0.25) is 0 Å². The Balaban J connectivity index is 1.71. The lowest BCUT2D eigenvalue weighted by atomic mass is 9.98. The number of rotatable bonds is 9. The number of esters is 1. The van der Waals surface area contributed by atoms with Crippen molar-refractivity contribution in [2.45, 2.75) is 25.3 Å². The molecule has 0 atom stereocenters. The second-order valence-corrected chi connectivity index (χ2v) is 9.58. The van der Waals surface area contributed by atoms with Crippen molar-refractivity contribution in [3.63, 3.8) is 0 Å². The van der Waals surface area contributed by atoms with Gasteiger partial charge >= 0.3 is 5.97 Å². The van der Waals surface area contributed by atoms with Crippen LogP contribution in [0.25, 0.3) is 17.2 Å².